The summed E-state index contributed by atoms with van der Waals surface area (Å²) in [6, 6.07) is 8.01. The monoisotopic (exact) mass is 429 g/mol. The minimum Gasteiger partial charge on any atom is -0.379 e. The maximum atomic E-state index is 12.4. The summed E-state index contributed by atoms with van der Waals surface area (Å²) in [5.41, 5.74) is 1.95. The van der Waals surface area contributed by atoms with Gasteiger partial charge in [-0.1, -0.05) is 25.0 Å². The van der Waals surface area contributed by atoms with Crippen molar-refractivity contribution in [2.75, 3.05) is 44.7 Å². The molecule has 1 aromatic carbocycles. The number of guanidine groups is 1. The molecule has 7 nitrogen and oxygen atoms in total. The van der Waals surface area contributed by atoms with E-state index in [1.807, 2.05) is 18.2 Å². The van der Waals surface area contributed by atoms with Crippen LogP contribution in [0.3, 0.4) is 0 Å². The minimum absolute atomic E-state index is 0.0183. The molecule has 1 aromatic rings. The molecule has 1 aliphatic heterocycles. The summed E-state index contributed by atoms with van der Waals surface area (Å²) < 4.78 is 5.48. The van der Waals surface area contributed by atoms with Gasteiger partial charge in [0.25, 0.3) is 0 Å². The van der Waals surface area contributed by atoms with E-state index in [1.54, 1.807) is 0 Å². The van der Waals surface area contributed by atoms with Crippen LogP contribution in [0.1, 0.15) is 52.0 Å². The van der Waals surface area contributed by atoms with E-state index in [-0.39, 0.29) is 17.4 Å². The number of aliphatic imine (C=N–C) groups is 1. The van der Waals surface area contributed by atoms with Crippen molar-refractivity contribution in [1.29, 1.82) is 0 Å². The fraction of sp³-hybridized carbons (Fsp3) is 0.667. The molecular weight excluding hydrogens is 390 g/mol. The Morgan fingerprint density at radius 2 is 1.94 bits per heavy atom. The van der Waals surface area contributed by atoms with Crippen LogP contribution in [0.15, 0.2) is 29.3 Å². The Hall–Kier alpha value is -2.12. The molecule has 0 bridgehead atoms. The summed E-state index contributed by atoms with van der Waals surface area (Å²) in [6.45, 7) is 12.3. The maximum absolute atomic E-state index is 12.4. The fourth-order valence-electron chi connectivity index (χ4n) is 4.27. The number of carbonyl (C=O) groups is 1. The highest BCUT2D eigenvalue weighted by atomic mass is 16.5. The lowest BCUT2D eigenvalue weighted by Gasteiger charge is -2.41. The van der Waals surface area contributed by atoms with Crippen LogP contribution >= 0.6 is 0 Å². The zero-order chi connectivity index (χ0) is 22.1. The third kappa shape index (κ3) is 7.21. The van der Waals surface area contributed by atoms with Crippen LogP contribution in [0, 0.1) is 5.92 Å². The maximum Gasteiger partial charge on any atom is 0.227 e. The highest BCUT2D eigenvalue weighted by Crippen LogP contribution is 2.26. The number of benzene rings is 1. The molecule has 1 saturated carbocycles. The van der Waals surface area contributed by atoms with Gasteiger partial charge in [-0.15, -0.1) is 0 Å². The van der Waals surface area contributed by atoms with Crippen LogP contribution in [0.5, 0.6) is 0 Å². The molecule has 0 radical (unpaired) electrons. The topological polar surface area (TPSA) is 78.0 Å². The van der Waals surface area contributed by atoms with Gasteiger partial charge in [-0.2, -0.15) is 0 Å². The quantitative estimate of drug-likeness (QED) is 0.437. The first-order valence-corrected chi connectivity index (χ1v) is 11.7. The average molecular weight is 430 g/mol. The lowest BCUT2D eigenvalue weighted by molar-refractivity contribution is -0.119. The van der Waals surface area contributed by atoms with E-state index in [2.05, 4.69) is 47.7 Å². The molecule has 1 amide bonds. The van der Waals surface area contributed by atoms with Gasteiger partial charge in [-0.25, -0.2) is 4.99 Å². The number of morpholine rings is 1. The predicted octanol–water partition coefficient (Wildman–Crippen LogP) is 2.98. The Balaban J connectivity index is 1.56. The minimum atomic E-state index is 0.0183. The molecule has 1 heterocycles. The second-order valence-corrected chi connectivity index (χ2v) is 9.13. The van der Waals surface area contributed by atoms with Crippen molar-refractivity contribution in [1.82, 2.24) is 15.5 Å². The molecule has 31 heavy (non-hydrogen) atoms. The number of nitrogens with zero attached hydrogens (tertiary/aromatic N) is 2. The number of carbonyl (C=O) groups excluding carboxylic acids is 1. The Bertz CT molecular complexity index is 737. The Kier molecular flexibility index (Phi) is 8.72. The number of hydrogen-bond acceptors (Lipinski definition) is 4. The summed E-state index contributed by atoms with van der Waals surface area (Å²) in [7, 11) is 0. The van der Waals surface area contributed by atoms with Gasteiger partial charge in [-0.05, 0) is 51.3 Å². The summed E-state index contributed by atoms with van der Waals surface area (Å²) in [5.74, 6) is 1.13. The molecule has 172 valence electrons. The molecule has 2 fully saturated rings. The first kappa shape index (κ1) is 23.5. The number of anilines is 1. The van der Waals surface area contributed by atoms with E-state index >= 15 is 0 Å². The zero-order valence-corrected chi connectivity index (χ0v) is 19.4. The van der Waals surface area contributed by atoms with Crippen LogP contribution in [-0.4, -0.2) is 61.7 Å². The third-order valence-electron chi connectivity index (χ3n) is 6.24. The molecular formula is C24H39N5O2. The predicted molar refractivity (Wildman–Crippen MR) is 126 cm³/mol. The summed E-state index contributed by atoms with van der Waals surface area (Å²) in [4.78, 5) is 19.6. The lowest BCUT2D eigenvalue weighted by atomic mass is 10.0. The normalized spacial score (nSPS) is 18.7. The summed E-state index contributed by atoms with van der Waals surface area (Å²) in [6.07, 6.45) is 4.34. The van der Waals surface area contributed by atoms with Crippen molar-refractivity contribution in [2.24, 2.45) is 10.9 Å². The van der Waals surface area contributed by atoms with Gasteiger partial charge >= 0.3 is 0 Å². The number of rotatable bonds is 8. The Morgan fingerprint density at radius 1 is 1.19 bits per heavy atom. The van der Waals surface area contributed by atoms with Gasteiger partial charge in [-0.3, -0.25) is 9.69 Å². The van der Waals surface area contributed by atoms with Crippen LogP contribution < -0.4 is 16.0 Å². The van der Waals surface area contributed by atoms with Crippen molar-refractivity contribution in [3.8, 4) is 0 Å². The Labute approximate surface area is 187 Å². The van der Waals surface area contributed by atoms with Gasteiger partial charge in [0, 0.05) is 43.3 Å². The van der Waals surface area contributed by atoms with Gasteiger partial charge in [0.15, 0.2) is 5.96 Å². The molecule has 3 N–H and O–H groups in total. The number of amides is 1. The van der Waals surface area contributed by atoms with Crippen molar-refractivity contribution in [3.63, 3.8) is 0 Å². The lowest BCUT2D eigenvalue weighted by Crippen LogP contribution is -2.56. The molecule has 1 saturated heterocycles. The number of nitrogens with one attached hydrogen (secondary N) is 3. The number of ether oxygens (including phenoxy) is 1. The summed E-state index contributed by atoms with van der Waals surface area (Å²) >= 11 is 0. The van der Waals surface area contributed by atoms with E-state index in [4.69, 9.17) is 9.73 Å². The van der Waals surface area contributed by atoms with E-state index in [1.165, 1.54) is 0 Å². The fourth-order valence-corrected chi connectivity index (χ4v) is 4.27. The van der Waals surface area contributed by atoms with Crippen LogP contribution in [-0.2, 0) is 16.1 Å². The molecule has 0 unspecified atom stereocenters. The van der Waals surface area contributed by atoms with Gasteiger partial charge in [0.05, 0.1) is 19.8 Å². The molecule has 2 aliphatic rings. The van der Waals surface area contributed by atoms with Crippen molar-refractivity contribution in [2.45, 2.75) is 58.5 Å². The first-order chi connectivity index (χ1) is 15.0. The Morgan fingerprint density at radius 3 is 2.65 bits per heavy atom. The standard InChI is InChI=1S/C24H39N5O2/c1-4-25-23(27-18-24(2,3)29-12-14-31-15-13-29)26-17-19-8-7-11-21(16-19)28-22(30)20-9-5-6-10-20/h7-8,11,16,20H,4-6,9-10,12-15,17-18H2,1-3H3,(H,28,30)(H2,25,26,27). The zero-order valence-electron chi connectivity index (χ0n) is 19.4. The first-order valence-electron chi connectivity index (χ1n) is 11.7. The van der Waals surface area contributed by atoms with Gasteiger partial charge in [0.2, 0.25) is 5.91 Å². The van der Waals surface area contributed by atoms with Crippen molar-refractivity contribution >= 4 is 17.6 Å². The smallest absolute Gasteiger partial charge is 0.227 e. The molecule has 1 aliphatic carbocycles. The molecule has 0 spiro atoms. The summed E-state index contributed by atoms with van der Waals surface area (Å²) in [5, 5.41) is 9.92. The SMILES string of the molecule is CCNC(=NCc1cccc(NC(=O)C2CCCC2)c1)NCC(C)(C)N1CCOCC1. The van der Waals surface area contributed by atoms with E-state index in [9.17, 15) is 4.79 Å². The second-order valence-electron chi connectivity index (χ2n) is 9.13. The van der Waals surface area contributed by atoms with Gasteiger partial charge < -0.3 is 20.7 Å². The van der Waals surface area contributed by atoms with Crippen LogP contribution in [0.2, 0.25) is 0 Å². The largest absolute Gasteiger partial charge is 0.379 e. The molecule has 0 atom stereocenters. The van der Waals surface area contributed by atoms with Crippen LogP contribution in [0.25, 0.3) is 0 Å². The highest BCUT2D eigenvalue weighted by Gasteiger charge is 2.28. The van der Waals surface area contributed by atoms with E-state index in [0.29, 0.717) is 6.54 Å². The molecule has 3 rings (SSSR count). The van der Waals surface area contributed by atoms with Gasteiger partial charge in [0.1, 0.15) is 0 Å². The van der Waals surface area contributed by atoms with E-state index in [0.717, 1.165) is 82.3 Å². The van der Waals surface area contributed by atoms with Crippen molar-refractivity contribution in [3.05, 3.63) is 29.8 Å². The molecule has 7 heteroatoms. The average Bonchev–Trinajstić information content (AvgIpc) is 3.32. The molecule has 0 aromatic heterocycles. The van der Waals surface area contributed by atoms with Crippen LogP contribution in [0.4, 0.5) is 5.69 Å². The third-order valence-corrected chi connectivity index (χ3v) is 6.24. The van der Waals surface area contributed by atoms with Crippen molar-refractivity contribution < 1.29 is 9.53 Å². The van der Waals surface area contributed by atoms with E-state index < -0.39 is 0 Å². The number of hydrogen-bond donors (Lipinski definition) is 3. The highest BCUT2D eigenvalue weighted by molar-refractivity contribution is 5.92. The second kappa shape index (κ2) is 11.5.